The Bertz CT molecular complexity index is 5390. The molecule has 22 heteroatoms. The summed E-state index contributed by atoms with van der Waals surface area (Å²) in [5.74, 6) is 2.77. The standard InChI is InChI=1S/C21H20N2O3.C18H18N2O4.C16H9FN2O2.C12H11BrN2.C11H9BrN2/c1-4-23-19-12-16(25-3)10-11-17(19)18(13-22)20(23)14-6-8-15(9-7-14)21(24)26-5-2;1-4-19-16-11-14(24-3)9-10-15(16)18(20(21)22)17(19)12-5-7-13(23-2)8-6-12;17-11-1-3-13-10(7-18)8-19(14(13)5-11)12-2-4-15-16(6-12)21-9-20-15;1-2-5-15-8-9(7-14)11-6-10(13)3-4-12(11)15;1-2-14-7-8(6-13)10-5-9(12)3-4-11(10)14/h6-12H,4-5H2,1-3H3;5-11H,4H2,1-3H3;1-6,8H,9H2;3-4,6,8H,2,5H2,1H3;3-5,7H,2H2,1H3. The quantitative estimate of drug-likeness (QED) is 0.0560. The van der Waals surface area contributed by atoms with Gasteiger partial charge in [-0.1, -0.05) is 50.9 Å². The number of rotatable bonds is 14. The van der Waals surface area contributed by atoms with Crippen molar-refractivity contribution in [1.29, 1.82) is 21.0 Å². The molecule has 0 aliphatic carbocycles. The van der Waals surface area contributed by atoms with Crippen LogP contribution in [0.3, 0.4) is 0 Å². The largest absolute Gasteiger partial charge is 0.497 e. The van der Waals surface area contributed by atoms with Crippen LogP contribution in [0.1, 0.15) is 73.7 Å². The van der Waals surface area contributed by atoms with Gasteiger partial charge in [-0.2, -0.15) is 21.0 Å². The van der Waals surface area contributed by atoms with Crippen molar-refractivity contribution in [2.45, 2.75) is 67.2 Å². The van der Waals surface area contributed by atoms with E-state index in [2.05, 4.69) is 89.8 Å². The van der Waals surface area contributed by atoms with Crippen molar-refractivity contribution in [2.75, 3.05) is 34.7 Å². The summed E-state index contributed by atoms with van der Waals surface area (Å²) in [6.07, 6.45) is 6.60. The average Bonchev–Trinajstić information content (AvgIpc) is 1.60. The van der Waals surface area contributed by atoms with E-state index in [1.807, 2.05) is 122 Å². The molecule has 0 N–H and O–H groups in total. The van der Waals surface area contributed by atoms with Crippen molar-refractivity contribution < 1.29 is 42.5 Å². The minimum Gasteiger partial charge on any atom is -0.497 e. The maximum atomic E-state index is 13.5. The number of nitro groups is 1. The molecular weight excluding hydrogens is 1400 g/mol. The van der Waals surface area contributed by atoms with Crippen molar-refractivity contribution in [3.05, 3.63) is 229 Å². The SMILES string of the molecule is CCCn1cc(C#N)c2cc(Br)ccc21.CCOC(=O)c1ccc(-c2c(C#N)c3ccc(OC)cc3n2CC)cc1.CCn1c(-c2ccc(OC)cc2)c([N+](=O)[O-])c2ccc(OC)cc21.CCn1cc(C#N)c2cc(Br)ccc21.N#Cc1cn(-c2ccc3c(c2)OCO3)c2cc(F)ccc12. The predicted molar refractivity (Wildman–Crippen MR) is 392 cm³/mol. The third-order valence-corrected chi connectivity index (χ3v) is 17.7. The monoisotopic (exact) mass is 1460 g/mol. The predicted octanol–water partition coefficient (Wildman–Crippen LogP) is 19.0. The molecule has 8 aromatic carbocycles. The number of nitriles is 4. The van der Waals surface area contributed by atoms with E-state index < -0.39 is 0 Å². The number of aryl methyl sites for hydroxylation is 4. The number of fused-ring (bicyclic) bond motifs is 6. The maximum Gasteiger partial charge on any atom is 0.338 e. The number of ether oxygens (including phenoxy) is 6. The van der Waals surface area contributed by atoms with E-state index in [-0.39, 0.29) is 29.2 Å². The number of aromatic nitrogens is 5. The van der Waals surface area contributed by atoms with Crippen LogP contribution in [0.4, 0.5) is 10.1 Å². The van der Waals surface area contributed by atoms with Gasteiger partial charge >= 0.3 is 11.7 Å². The third-order valence-electron chi connectivity index (χ3n) is 16.7. The smallest absolute Gasteiger partial charge is 0.338 e. The second-order valence-corrected chi connectivity index (χ2v) is 24.2. The molecule has 0 radical (unpaired) electrons. The van der Waals surface area contributed by atoms with Crippen molar-refractivity contribution >= 4 is 98.0 Å². The van der Waals surface area contributed by atoms with Gasteiger partial charge in [0.25, 0.3) is 0 Å². The molecule has 5 aromatic heterocycles. The minimum atomic E-state index is -0.347. The van der Waals surface area contributed by atoms with Crippen LogP contribution in [0.5, 0.6) is 28.7 Å². The highest BCUT2D eigenvalue weighted by Crippen LogP contribution is 2.42. The lowest BCUT2D eigenvalue weighted by atomic mass is 10.0. The van der Waals surface area contributed by atoms with Crippen LogP contribution in [0, 0.1) is 61.3 Å². The van der Waals surface area contributed by atoms with Crippen LogP contribution in [-0.4, -0.2) is 68.5 Å². The molecule has 13 aromatic rings. The Morgan fingerprint density at radius 1 is 0.540 bits per heavy atom. The first-order valence-corrected chi connectivity index (χ1v) is 33.5. The summed E-state index contributed by atoms with van der Waals surface area (Å²) >= 11 is 6.83. The first-order chi connectivity index (χ1) is 48.5. The number of carbonyl (C=O) groups excluding carboxylic acids is 1. The number of methoxy groups -OCH3 is 3. The molecule has 0 atom stereocenters. The van der Waals surface area contributed by atoms with Crippen LogP contribution in [0.2, 0.25) is 0 Å². The fraction of sp³-hybridized carbons (Fsp3) is 0.192. The second kappa shape index (κ2) is 32.0. The molecule has 0 saturated heterocycles. The molecule has 100 heavy (non-hydrogen) atoms. The van der Waals surface area contributed by atoms with E-state index in [1.54, 1.807) is 87.5 Å². The highest BCUT2D eigenvalue weighted by Gasteiger charge is 2.28. The van der Waals surface area contributed by atoms with E-state index in [1.165, 1.54) is 12.1 Å². The zero-order valence-corrected chi connectivity index (χ0v) is 59.1. The van der Waals surface area contributed by atoms with Gasteiger partial charge in [-0.05, 0) is 167 Å². The van der Waals surface area contributed by atoms with Crippen molar-refractivity contribution in [2.24, 2.45) is 0 Å². The van der Waals surface area contributed by atoms with Gasteiger partial charge in [0.2, 0.25) is 6.79 Å². The average molecular weight is 1470 g/mol. The summed E-state index contributed by atoms with van der Waals surface area (Å²) in [5.41, 5.74) is 11.7. The van der Waals surface area contributed by atoms with Gasteiger partial charge in [0.1, 0.15) is 53.0 Å². The lowest BCUT2D eigenvalue weighted by molar-refractivity contribution is -0.382. The summed E-state index contributed by atoms with van der Waals surface area (Å²) in [7, 11) is 4.80. The van der Waals surface area contributed by atoms with Crippen LogP contribution in [0.25, 0.3) is 82.7 Å². The molecule has 0 spiro atoms. The van der Waals surface area contributed by atoms with E-state index in [0.29, 0.717) is 76.0 Å². The summed E-state index contributed by atoms with van der Waals surface area (Å²) in [5, 5.41) is 53.0. The molecule has 1 aliphatic rings. The molecule has 0 fully saturated rings. The lowest BCUT2D eigenvalue weighted by Crippen LogP contribution is -2.04. The molecule has 0 amide bonds. The van der Waals surface area contributed by atoms with Gasteiger partial charge in [0.15, 0.2) is 11.5 Å². The van der Waals surface area contributed by atoms with Crippen LogP contribution in [0.15, 0.2) is 185 Å². The van der Waals surface area contributed by atoms with E-state index in [9.17, 15) is 29.8 Å². The highest BCUT2D eigenvalue weighted by molar-refractivity contribution is 9.10. The molecular formula is C78H67Br2FN10O9. The second-order valence-electron chi connectivity index (χ2n) is 22.4. The highest BCUT2D eigenvalue weighted by atomic mass is 79.9. The van der Waals surface area contributed by atoms with Gasteiger partial charge in [-0.3, -0.25) is 10.1 Å². The Morgan fingerprint density at radius 3 is 1.63 bits per heavy atom. The Kier molecular flexibility index (Phi) is 22.7. The minimum absolute atomic E-state index is 0.111. The number of hydrogen-bond acceptors (Lipinski definition) is 13. The van der Waals surface area contributed by atoms with E-state index in [4.69, 9.17) is 38.9 Å². The molecule has 0 saturated carbocycles. The molecule has 0 bridgehead atoms. The first-order valence-electron chi connectivity index (χ1n) is 31.9. The van der Waals surface area contributed by atoms with Crippen molar-refractivity contribution in [3.8, 4) is 81.2 Å². The zero-order chi connectivity index (χ0) is 71.3. The third kappa shape index (κ3) is 14.7. The number of hydrogen-bond donors (Lipinski definition) is 0. The molecule has 1 aliphatic heterocycles. The topological polar surface area (TPSA) is 235 Å². The fourth-order valence-corrected chi connectivity index (χ4v) is 12.8. The molecule has 19 nitrogen and oxygen atoms in total. The normalized spacial score (nSPS) is 11.0. The van der Waals surface area contributed by atoms with Crippen molar-refractivity contribution in [3.63, 3.8) is 0 Å². The number of benzene rings is 8. The Hall–Kier alpha value is -11.8. The summed E-state index contributed by atoms with van der Waals surface area (Å²) < 4.78 is 57.0. The molecule has 14 rings (SSSR count). The molecule has 0 unspecified atom stereocenters. The lowest BCUT2D eigenvalue weighted by Gasteiger charge is -2.10. The van der Waals surface area contributed by atoms with E-state index >= 15 is 0 Å². The Balaban J connectivity index is 0.000000137. The van der Waals surface area contributed by atoms with Gasteiger partial charge in [0, 0.05) is 116 Å². The van der Waals surface area contributed by atoms with Gasteiger partial charge < -0.3 is 51.3 Å². The van der Waals surface area contributed by atoms with Crippen LogP contribution < -0.4 is 23.7 Å². The molecule has 504 valence electrons. The summed E-state index contributed by atoms with van der Waals surface area (Å²) in [6, 6.07) is 56.3. The molecule has 6 heterocycles. The summed E-state index contributed by atoms with van der Waals surface area (Å²) in [4.78, 5) is 23.3. The number of esters is 1. The Morgan fingerprint density at radius 2 is 1.07 bits per heavy atom. The van der Waals surface area contributed by atoms with Crippen LogP contribution >= 0.6 is 31.9 Å². The first kappa shape index (κ1) is 71.0. The number of halogens is 3. The summed E-state index contributed by atoms with van der Waals surface area (Å²) in [6.45, 7) is 13.7. The number of nitrogens with zero attached hydrogens (tertiary/aromatic N) is 10. The van der Waals surface area contributed by atoms with Gasteiger partial charge in [-0.25, -0.2) is 9.18 Å². The zero-order valence-electron chi connectivity index (χ0n) is 56.0. The Labute approximate surface area is 593 Å². The fourth-order valence-electron chi connectivity index (χ4n) is 12.1. The van der Waals surface area contributed by atoms with Crippen molar-refractivity contribution in [1.82, 2.24) is 22.8 Å². The van der Waals surface area contributed by atoms with Gasteiger partial charge in [0.05, 0.1) is 88.3 Å². The van der Waals surface area contributed by atoms with E-state index in [0.717, 1.165) is 111 Å². The number of carbonyl (C=O) groups is 1. The van der Waals surface area contributed by atoms with Crippen LogP contribution in [-0.2, 0) is 30.9 Å². The van der Waals surface area contributed by atoms with Gasteiger partial charge in [-0.15, -0.1) is 0 Å². The maximum absolute atomic E-state index is 13.5.